The highest BCUT2D eigenvalue weighted by atomic mass is 16.2. The maximum absolute atomic E-state index is 12.8. The van der Waals surface area contributed by atoms with E-state index in [9.17, 15) is 9.59 Å². The maximum atomic E-state index is 12.8. The van der Waals surface area contributed by atoms with Crippen molar-refractivity contribution in [2.45, 2.75) is 25.2 Å². The van der Waals surface area contributed by atoms with Crippen molar-refractivity contribution in [3.05, 3.63) is 60.2 Å². The lowest BCUT2D eigenvalue weighted by Gasteiger charge is -2.22. The fourth-order valence-electron chi connectivity index (χ4n) is 3.85. The lowest BCUT2D eigenvalue weighted by Crippen LogP contribution is -2.34. The van der Waals surface area contributed by atoms with Crippen LogP contribution in [0.15, 0.2) is 54.6 Å². The summed E-state index contributed by atoms with van der Waals surface area (Å²) in [5, 5.41) is 3.02. The van der Waals surface area contributed by atoms with Gasteiger partial charge in [-0.3, -0.25) is 4.79 Å². The monoisotopic (exact) mass is 349 g/mol. The van der Waals surface area contributed by atoms with E-state index in [1.54, 1.807) is 4.90 Å². The molecule has 134 valence electrons. The van der Waals surface area contributed by atoms with E-state index in [0.29, 0.717) is 24.6 Å². The van der Waals surface area contributed by atoms with Crippen molar-refractivity contribution >= 4 is 23.3 Å². The molecule has 2 aromatic rings. The van der Waals surface area contributed by atoms with Crippen LogP contribution in [-0.4, -0.2) is 36.5 Å². The normalized spacial score (nSPS) is 19.8. The number of benzene rings is 2. The molecular formula is C21H23N3O2. The number of amides is 3. The molecule has 1 atom stereocenters. The number of carbonyl (C=O) groups excluding carboxylic acids is 2. The van der Waals surface area contributed by atoms with E-state index in [-0.39, 0.29) is 11.9 Å². The molecule has 2 heterocycles. The first-order valence-corrected chi connectivity index (χ1v) is 9.22. The maximum Gasteiger partial charge on any atom is 0.321 e. The summed E-state index contributed by atoms with van der Waals surface area (Å²) in [7, 11) is 0. The molecule has 2 saturated heterocycles. The third-order valence-electron chi connectivity index (χ3n) is 5.26. The van der Waals surface area contributed by atoms with E-state index < -0.39 is 0 Å². The average molecular weight is 349 g/mol. The van der Waals surface area contributed by atoms with Gasteiger partial charge < -0.3 is 15.1 Å². The number of nitrogens with one attached hydrogen (secondary N) is 1. The second kappa shape index (κ2) is 7.20. The number of urea groups is 1. The van der Waals surface area contributed by atoms with Crippen LogP contribution >= 0.6 is 0 Å². The van der Waals surface area contributed by atoms with Gasteiger partial charge in [-0.25, -0.2) is 4.79 Å². The molecule has 0 unspecified atom stereocenters. The number of hydrogen-bond acceptors (Lipinski definition) is 2. The first-order chi connectivity index (χ1) is 12.7. The Balaban J connectivity index is 1.45. The Kier molecular flexibility index (Phi) is 4.61. The van der Waals surface area contributed by atoms with Crippen molar-refractivity contribution < 1.29 is 9.59 Å². The Morgan fingerprint density at radius 2 is 1.77 bits per heavy atom. The minimum atomic E-state index is -0.0949. The van der Waals surface area contributed by atoms with Crippen LogP contribution in [0, 0.1) is 0 Å². The van der Waals surface area contributed by atoms with E-state index in [1.165, 1.54) is 5.56 Å². The van der Waals surface area contributed by atoms with E-state index in [4.69, 9.17) is 0 Å². The second-order valence-electron chi connectivity index (χ2n) is 6.94. The van der Waals surface area contributed by atoms with Crippen LogP contribution in [0.3, 0.4) is 0 Å². The Bertz CT molecular complexity index is 806. The number of likely N-dealkylation sites (tertiary alicyclic amines) is 1. The zero-order valence-electron chi connectivity index (χ0n) is 14.7. The summed E-state index contributed by atoms with van der Waals surface area (Å²) in [5.74, 6) is 0.509. The molecule has 0 bridgehead atoms. The molecule has 0 spiro atoms. The molecule has 5 nitrogen and oxygen atoms in total. The summed E-state index contributed by atoms with van der Waals surface area (Å²) >= 11 is 0. The molecule has 2 aliphatic rings. The average Bonchev–Trinajstić information content (AvgIpc) is 3.32. The van der Waals surface area contributed by atoms with Crippen LogP contribution in [0.2, 0.25) is 0 Å². The summed E-state index contributed by atoms with van der Waals surface area (Å²) < 4.78 is 0. The molecule has 3 amide bonds. The molecule has 2 aliphatic heterocycles. The van der Waals surface area contributed by atoms with E-state index >= 15 is 0 Å². The van der Waals surface area contributed by atoms with Gasteiger partial charge in [0.15, 0.2) is 0 Å². The minimum Gasteiger partial charge on any atom is -0.324 e. The van der Waals surface area contributed by atoms with Crippen LogP contribution in [0.4, 0.5) is 16.2 Å². The summed E-state index contributed by atoms with van der Waals surface area (Å²) in [5.41, 5.74) is 2.78. The molecule has 4 rings (SSSR count). The molecule has 0 aromatic heterocycles. The molecule has 2 aromatic carbocycles. The molecule has 0 radical (unpaired) electrons. The van der Waals surface area contributed by atoms with Gasteiger partial charge in [-0.1, -0.05) is 42.5 Å². The highest BCUT2D eigenvalue weighted by Gasteiger charge is 2.29. The summed E-state index contributed by atoms with van der Waals surface area (Å²) in [6.45, 7) is 2.18. The number of rotatable bonds is 3. The highest BCUT2D eigenvalue weighted by Crippen LogP contribution is 2.31. The van der Waals surface area contributed by atoms with Crippen molar-refractivity contribution in [3.8, 4) is 0 Å². The largest absolute Gasteiger partial charge is 0.324 e. The van der Waals surface area contributed by atoms with Crippen LogP contribution in [-0.2, 0) is 4.79 Å². The molecule has 26 heavy (non-hydrogen) atoms. The first-order valence-electron chi connectivity index (χ1n) is 9.22. The molecule has 0 aliphatic carbocycles. The standard InChI is InChI=1S/C21H23N3O2/c25-20-11-6-13-24(20)19-10-5-4-9-18(19)22-21(26)23-14-12-17(15-23)16-7-2-1-3-8-16/h1-5,7-10,17H,6,11-15H2,(H,22,26)/t17-/m0/s1. The third kappa shape index (κ3) is 3.29. The van der Waals surface area contributed by atoms with Crippen molar-refractivity contribution in [2.24, 2.45) is 0 Å². The quantitative estimate of drug-likeness (QED) is 0.915. The van der Waals surface area contributed by atoms with Gasteiger partial charge >= 0.3 is 6.03 Å². The van der Waals surface area contributed by atoms with Crippen molar-refractivity contribution in [1.82, 2.24) is 4.90 Å². The van der Waals surface area contributed by atoms with Crippen molar-refractivity contribution in [3.63, 3.8) is 0 Å². The summed E-state index contributed by atoms with van der Waals surface area (Å²) in [4.78, 5) is 28.5. The molecule has 2 fully saturated rings. The van der Waals surface area contributed by atoms with Gasteiger partial charge in [0.1, 0.15) is 0 Å². The third-order valence-corrected chi connectivity index (χ3v) is 5.26. The smallest absolute Gasteiger partial charge is 0.321 e. The summed E-state index contributed by atoms with van der Waals surface area (Å²) in [6.07, 6.45) is 2.42. The van der Waals surface area contributed by atoms with E-state index in [0.717, 1.165) is 31.6 Å². The van der Waals surface area contributed by atoms with Crippen LogP contribution in [0.5, 0.6) is 0 Å². The van der Waals surface area contributed by atoms with Gasteiger partial charge in [-0.2, -0.15) is 0 Å². The molecular weight excluding hydrogens is 326 g/mol. The predicted molar refractivity (Wildman–Crippen MR) is 102 cm³/mol. The van der Waals surface area contributed by atoms with Crippen molar-refractivity contribution in [1.29, 1.82) is 0 Å². The number of para-hydroxylation sites is 2. The Hall–Kier alpha value is -2.82. The topological polar surface area (TPSA) is 52.7 Å². The van der Waals surface area contributed by atoms with Crippen molar-refractivity contribution in [2.75, 3.05) is 29.9 Å². The van der Waals surface area contributed by atoms with Crippen LogP contribution in [0.1, 0.15) is 30.7 Å². The lowest BCUT2D eigenvalue weighted by molar-refractivity contribution is -0.117. The van der Waals surface area contributed by atoms with E-state index in [2.05, 4.69) is 17.4 Å². The zero-order chi connectivity index (χ0) is 17.9. The van der Waals surface area contributed by atoms with Gasteiger partial charge in [0.2, 0.25) is 5.91 Å². The number of hydrogen-bond donors (Lipinski definition) is 1. The Labute approximate surface area is 153 Å². The zero-order valence-corrected chi connectivity index (χ0v) is 14.7. The SMILES string of the molecule is O=C(Nc1ccccc1N1CCCC1=O)N1CC[C@H](c2ccccc2)C1. The minimum absolute atomic E-state index is 0.0949. The fourth-order valence-corrected chi connectivity index (χ4v) is 3.85. The Morgan fingerprint density at radius 1 is 1.00 bits per heavy atom. The van der Waals surface area contributed by atoms with Crippen LogP contribution < -0.4 is 10.2 Å². The van der Waals surface area contributed by atoms with Gasteiger partial charge in [0, 0.05) is 32.0 Å². The van der Waals surface area contributed by atoms with Gasteiger partial charge in [-0.05, 0) is 30.5 Å². The molecule has 5 heteroatoms. The predicted octanol–water partition coefficient (Wildman–Crippen LogP) is 3.83. The number of anilines is 2. The van der Waals surface area contributed by atoms with Gasteiger partial charge in [0.05, 0.1) is 11.4 Å². The van der Waals surface area contributed by atoms with Gasteiger partial charge in [0.25, 0.3) is 0 Å². The fraction of sp³-hybridized carbons (Fsp3) is 0.333. The second-order valence-corrected chi connectivity index (χ2v) is 6.94. The first kappa shape index (κ1) is 16.6. The Morgan fingerprint density at radius 3 is 2.54 bits per heavy atom. The molecule has 0 saturated carbocycles. The molecule has 1 N–H and O–H groups in total. The lowest BCUT2D eigenvalue weighted by atomic mass is 9.99. The van der Waals surface area contributed by atoms with E-state index in [1.807, 2.05) is 47.4 Å². The number of carbonyl (C=O) groups is 2. The number of nitrogens with zero attached hydrogens (tertiary/aromatic N) is 2. The summed E-state index contributed by atoms with van der Waals surface area (Å²) in [6, 6.07) is 17.8. The van der Waals surface area contributed by atoms with Crippen LogP contribution in [0.25, 0.3) is 0 Å². The highest BCUT2D eigenvalue weighted by molar-refractivity contribution is 6.01. The van der Waals surface area contributed by atoms with Gasteiger partial charge in [-0.15, -0.1) is 0 Å².